The zero-order valence-corrected chi connectivity index (χ0v) is 16.9. The number of amides is 3. The molecule has 5 nitrogen and oxygen atoms in total. The van der Waals surface area contributed by atoms with Crippen molar-refractivity contribution < 1.29 is 14.4 Å². The number of hydrogen-bond acceptors (Lipinski definition) is 3. The van der Waals surface area contributed by atoms with Crippen molar-refractivity contribution in [1.29, 1.82) is 0 Å². The molecule has 2 aromatic carbocycles. The molecule has 2 aromatic rings. The maximum atomic E-state index is 12.4. The normalized spacial score (nSPS) is 14.3. The summed E-state index contributed by atoms with van der Waals surface area (Å²) in [6.07, 6.45) is 0.687. The first-order valence-electron chi connectivity index (χ1n) is 8.88. The number of carbonyl (C=O) groups excluding carboxylic acids is 3. The van der Waals surface area contributed by atoms with E-state index < -0.39 is 0 Å². The van der Waals surface area contributed by atoms with Crippen LogP contribution in [0.25, 0.3) is 0 Å². The van der Waals surface area contributed by atoms with E-state index >= 15 is 0 Å². The number of rotatable bonds is 6. The average Bonchev–Trinajstić information content (AvgIpc) is 2.86. The highest BCUT2D eigenvalue weighted by Crippen LogP contribution is 2.26. The lowest BCUT2D eigenvalue weighted by molar-refractivity contribution is -0.121. The maximum Gasteiger partial charge on any atom is 0.261 e. The summed E-state index contributed by atoms with van der Waals surface area (Å²) in [4.78, 5) is 38.2. The van der Waals surface area contributed by atoms with Gasteiger partial charge >= 0.3 is 0 Å². The minimum atomic E-state index is -0.301. The molecule has 27 heavy (non-hydrogen) atoms. The van der Waals surface area contributed by atoms with Crippen LogP contribution in [-0.4, -0.2) is 29.2 Å². The van der Waals surface area contributed by atoms with Crippen LogP contribution < -0.4 is 5.32 Å². The van der Waals surface area contributed by atoms with Crippen molar-refractivity contribution >= 4 is 33.7 Å². The van der Waals surface area contributed by atoms with Gasteiger partial charge in [0.05, 0.1) is 17.2 Å². The molecule has 1 N–H and O–H groups in total. The standard InChI is InChI=1S/C21H21BrN2O3/c1-13-5-7-15(8-6-13)14(2)23-19(25)4-3-11-24-20(26)17-10-9-16(22)12-18(17)21(24)27/h5-10,12,14H,3-4,11H2,1-2H3,(H,23,25). The Kier molecular flexibility index (Phi) is 5.75. The Hall–Kier alpha value is -2.47. The number of carbonyl (C=O) groups is 3. The molecule has 6 heteroatoms. The smallest absolute Gasteiger partial charge is 0.261 e. The summed E-state index contributed by atoms with van der Waals surface area (Å²) < 4.78 is 0.758. The van der Waals surface area contributed by atoms with Crippen molar-refractivity contribution in [3.63, 3.8) is 0 Å². The number of nitrogens with zero attached hydrogens (tertiary/aromatic N) is 1. The van der Waals surface area contributed by atoms with Crippen LogP contribution in [-0.2, 0) is 4.79 Å². The van der Waals surface area contributed by atoms with Gasteiger partial charge in [-0.15, -0.1) is 0 Å². The molecule has 0 aromatic heterocycles. The molecule has 0 bridgehead atoms. The molecule has 1 heterocycles. The molecule has 1 unspecified atom stereocenters. The molecule has 0 fully saturated rings. The second-order valence-corrected chi connectivity index (χ2v) is 7.67. The quantitative estimate of drug-likeness (QED) is 0.706. The van der Waals surface area contributed by atoms with E-state index in [1.807, 2.05) is 38.1 Å². The SMILES string of the molecule is Cc1ccc(C(C)NC(=O)CCCN2C(=O)c3ccc(Br)cc3C2=O)cc1. The Morgan fingerprint density at radius 1 is 1.07 bits per heavy atom. The summed E-state index contributed by atoms with van der Waals surface area (Å²) in [5.74, 6) is -0.692. The molecule has 0 saturated carbocycles. The summed E-state index contributed by atoms with van der Waals surface area (Å²) in [6.45, 7) is 4.19. The maximum absolute atomic E-state index is 12.4. The summed E-state index contributed by atoms with van der Waals surface area (Å²) in [5.41, 5.74) is 3.04. The molecular weight excluding hydrogens is 408 g/mol. The Balaban J connectivity index is 1.51. The number of hydrogen-bond donors (Lipinski definition) is 1. The van der Waals surface area contributed by atoms with E-state index in [1.54, 1.807) is 18.2 Å². The first kappa shape index (κ1) is 19.3. The average molecular weight is 429 g/mol. The molecule has 1 aliphatic rings. The highest BCUT2D eigenvalue weighted by atomic mass is 79.9. The Morgan fingerprint density at radius 3 is 2.44 bits per heavy atom. The van der Waals surface area contributed by atoms with Crippen LogP contribution >= 0.6 is 15.9 Å². The fourth-order valence-electron chi connectivity index (χ4n) is 3.12. The van der Waals surface area contributed by atoms with Gasteiger partial charge in [-0.2, -0.15) is 0 Å². The van der Waals surface area contributed by atoms with Crippen molar-refractivity contribution in [2.45, 2.75) is 32.7 Å². The first-order valence-corrected chi connectivity index (χ1v) is 9.68. The third-order valence-electron chi connectivity index (χ3n) is 4.67. The van der Waals surface area contributed by atoms with Gasteiger partial charge in [0.25, 0.3) is 11.8 Å². The van der Waals surface area contributed by atoms with Gasteiger partial charge in [0.15, 0.2) is 0 Å². The molecule has 140 valence electrons. The molecule has 3 amide bonds. The van der Waals surface area contributed by atoms with Crippen LogP contribution in [0.3, 0.4) is 0 Å². The zero-order valence-electron chi connectivity index (χ0n) is 15.3. The van der Waals surface area contributed by atoms with E-state index in [0.29, 0.717) is 17.5 Å². The Morgan fingerprint density at radius 2 is 1.74 bits per heavy atom. The molecule has 3 rings (SSSR count). The van der Waals surface area contributed by atoms with E-state index in [4.69, 9.17) is 0 Å². The molecule has 0 saturated heterocycles. The van der Waals surface area contributed by atoms with Crippen LogP contribution in [0.4, 0.5) is 0 Å². The van der Waals surface area contributed by atoms with Gasteiger partial charge in [-0.05, 0) is 44.0 Å². The minimum absolute atomic E-state index is 0.0882. The van der Waals surface area contributed by atoms with Crippen molar-refractivity contribution in [2.24, 2.45) is 0 Å². The summed E-state index contributed by atoms with van der Waals surface area (Å²) in [7, 11) is 0. The van der Waals surface area contributed by atoms with E-state index in [0.717, 1.165) is 10.0 Å². The molecule has 0 spiro atoms. The van der Waals surface area contributed by atoms with Gasteiger partial charge in [0.1, 0.15) is 0 Å². The lowest BCUT2D eigenvalue weighted by Crippen LogP contribution is -2.32. The van der Waals surface area contributed by atoms with Crippen molar-refractivity contribution in [3.8, 4) is 0 Å². The van der Waals surface area contributed by atoms with Crippen LogP contribution in [0.2, 0.25) is 0 Å². The number of nitrogens with one attached hydrogen (secondary N) is 1. The topological polar surface area (TPSA) is 66.5 Å². The third-order valence-corrected chi connectivity index (χ3v) is 5.17. The van der Waals surface area contributed by atoms with E-state index in [2.05, 4.69) is 21.2 Å². The lowest BCUT2D eigenvalue weighted by Gasteiger charge is -2.16. The second-order valence-electron chi connectivity index (χ2n) is 6.76. The van der Waals surface area contributed by atoms with Crippen molar-refractivity contribution in [3.05, 3.63) is 69.2 Å². The van der Waals surface area contributed by atoms with Gasteiger partial charge < -0.3 is 5.32 Å². The molecular formula is C21H21BrN2O3. The monoisotopic (exact) mass is 428 g/mol. The third kappa shape index (κ3) is 4.27. The van der Waals surface area contributed by atoms with Gasteiger partial charge in [-0.1, -0.05) is 45.8 Å². The van der Waals surface area contributed by atoms with Crippen molar-refractivity contribution in [1.82, 2.24) is 10.2 Å². The van der Waals surface area contributed by atoms with Gasteiger partial charge in [-0.25, -0.2) is 0 Å². The van der Waals surface area contributed by atoms with Crippen LogP contribution in [0.1, 0.15) is 57.7 Å². The van der Waals surface area contributed by atoms with Crippen LogP contribution in [0.15, 0.2) is 46.9 Å². The summed E-state index contributed by atoms with van der Waals surface area (Å²) in [5, 5.41) is 2.95. The zero-order chi connectivity index (χ0) is 19.6. The van der Waals surface area contributed by atoms with Crippen LogP contribution in [0.5, 0.6) is 0 Å². The fraction of sp³-hybridized carbons (Fsp3) is 0.286. The lowest BCUT2D eigenvalue weighted by atomic mass is 10.1. The highest BCUT2D eigenvalue weighted by Gasteiger charge is 2.35. The molecule has 1 aliphatic heterocycles. The van der Waals surface area contributed by atoms with Crippen LogP contribution in [0, 0.1) is 6.92 Å². The van der Waals surface area contributed by atoms with Gasteiger partial charge in [0.2, 0.25) is 5.91 Å². The van der Waals surface area contributed by atoms with Gasteiger partial charge in [-0.3, -0.25) is 19.3 Å². The first-order chi connectivity index (χ1) is 12.9. The Bertz CT molecular complexity index is 893. The van der Waals surface area contributed by atoms with E-state index in [9.17, 15) is 14.4 Å². The number of fused-ring (bicyclic) bond motifs is 1. The summed E-state index contributed by atoms with van der Waals surface area (Å²) in [6, 6.07) is 13.0. The summed E-state index contributed by atoms with van der Waals surface area (Å²) >= 11 is 3.31. The fourth-order valence-corrected chi connectivity index (χ4v) is 3.48. The van der Waals surface area contributed by atoms with E-state index in [1.165, 1.54) is 10.5 Å². The second kappa shape index (κ2) is 8.05. The number of imide groups is 1. The Labute approximate surface area is 166 Å². The number of aryl methyl sites for hydroxylation is 1. The predicted molar refractivity (Wildman–Crippen MR) is 106 cm³/mol. The molecule has 1 atom stereocenters. The van der Waals surface area contributed by atoms with Gasteiger partial charge in [0, 0.05) is 17.4 Å². The molecule has 0 aliphatic carbocycles. The number of halogens is 1. The number of benzene rings is 2. The minimum Gasteiger partial charge on any atom is -0.350 e. The molecule has 0 radical (unpaired) electrons. The largest absolute Gasteiger partial charge is 0.350 e. The highest BCUT2D eigenvalue weighted by molar-refractivity contribution is 9.10. The van der Waals surface area contributed by atoms with Crippen molar-refractivity contribution in [2.75, 3.05) is 6.54 Å². The van der Waals surface area contributed by atoms with E-state index in [-0.39, 0.29) is 36.7 Å². The predicted octanol–water partition coefficient (Wildman–Crippen LogP) is 4.01.